The van der Waals surface area contributed by atoms with Crippen LogP contribution in [0.25, 0.3) is 5.69 Å². The second kappa shape index (κ2) is 6.47. The molecule has 108 valence electrons. The van der Waals surface area contributed by atoms with Gasteiger partial charge in [0.05, 0.1) is 11.9 Å². The maximum Gasteiger partial charge on any atom is 0.323 e. The topological polar surface area (TPSA) is 88.3 Å². The van der Waals surface area contributed by atoms with E-state index in [9.17, 15) is 9.59 Å². The van der Waals surface area contributed by atoms with Crippen LogP contribution in [0.5, 0.6) is 0 Å². The molecule has 2 aromatic rings. The number of para-hydroxylation sites is 1. The molecule has 7 heteroatoms. The number of rotatable bonds is 6. The van der Waals surface area contributed by atoms with Gasteiger partial charge in [0.1, 0.15) is 6.54 Å². The molecule has 1 heterocycles. The molecule has 0 spiro atoms. The minimum atomic E-state index is -1.10. The van der Waals surface area contributed by atoms with E-state index in [2.05, 4.69) is 16.8 Å². The van der Waals surface area contributed by atoms with Crippen molar-refractivity contribution in [3.63, 3.8) is 0 Å². The second-order valence-electron chi connectivity index (χ2n) is 4.22. The van der Waals surface area contributed by atoms with E-state index in [-0.39, 0.29) is 12.2 Å². The number of benzene rings is 1. The van der Waals surface area contributed by atoms with E-state index in [1.54, 1.807) is 12.1 Å². The van der Waals surface area contributed by atoms with E-state index in [0.29, 0.717) is 5.69 Å². The minimum Gasteiger partial charge on any atom is -0.480 e. The maximum absolute atomic E-state index is 12.2. The standard InChI is InChI=1S/C14H14N4O3/c1-2-8-17(10-13(19)20)14(21)12-9-15-18(16-12)11-6-4-3-5-7-11/h2-7,9H,1,8,10H2,(H,19,20). The number of hydrogen-bond acceptors (Lipinski definition) is 4. The Morgan fingerprint density at radius 2 is 2.05 bits per heavy atom. The van der Waals surface area contributed by atoms with Gasteiger partial charge in [-0.05, 0) is 12.1 Å². The first-order valence-electron chi connectivity index (χ1n) is 6.21. The molecule has 0 aliphatic carbocycles. The van der Waals surface area contributed by atoms with Crippen molar-refractivity contribution in [1.82, 2.24) is 19.9 Å². The molecule has 21 heavy (non-hydrogen) atoms. The fraction of sp³-hybridized carbons (Fsp3) is 0.143. The van der Waals surface area contributed by atoms with Gasteiger partial charge in [-0.1, -0.05) is 24.3 Å². The lowest BCUT2D eigenvalue weighted by Gasteiger charge is -2.16. The van der Waals surface area contributed by atoms with Gasteiger partial charge in [-0.25, -0.2) is 0 Å². The number of aliphatic carboxylic acids is 1. The number of nitrogens with zero attached hydrogens (tertiary/aromatic N) is 4. The molecule has 1 aromatic heterocycles. The van der Waals surface area contributed by atoms with Crippen LogP contribution < -0.4 is 0 Å². The number of carboxylic acids is 1. The van der Waals surface area contributed by atoms with Crippen LogP contribution in [0.3, 0.4) is 0 Å². The number of aromatic nitrogens is 3. The van der Waals surface area contributed by atoms with E-state index in [1.807, 2.05) is 18.2 Å². The average Bonchev–Trinajstić information content (AvgIpc) is 2.96. The fourth-order valence-electron chi connectivity index (χ4n) is 1.75. The van der Waals surface area contributed by atoms with Gasteiger partial charge in [-0.2, -0.15) is 9.90 Å². The van der Waals surface area contributed by atoms with Gasteiger partial charge in [0.25, 0.3) is 5.91 Å². The number of carbonyl (C=O) groups is 2. The normalized spacial score (nSPS) is 10.1. The summed E-state index contributed by atoms with van der Waals surface area (Å²) in [6.07, 6.45) is 2.77. The second-order valence-corrected chi connectivity index (χ2v) is 4.22. The SMILES string of the molecule is C=CCN(CC(=O)O)C(=O)c1cnn(-c2ccccc2)n1. The van der Waals surface area contributed by atoms with E-state index < -0.39 is 18.4 Å². The Hall–Kier alpha value is -2.96. The summed E-state index contributed by atoms with van der Waals surface area (Å²) >= 11 is 0. The molecule has 0 saturated heterocycles. The Kier molecular flexibility index (Phi) is 4.45. The lowest BCUT2D eigenvalue weighted by atomic mass is 10.3. The van der Waals surface area contributed by atoms with Crippen LogP contribution in [0.15, 0.2) is 49.2 Å². The molecule has 0 radical (unpaired) electrons. The average molecular weight is 286 g/mol. The van der Waals surface area contributed by atoms with Gasteiger partial charge >= 0.3 is 5.97 Å². The van der Waals surface area contributed by atoms with Crippen LogP contribution in [0, 0.1) is 0 Å². The largest absolute Gasteiger partial charge is 0.480 e. The number of amides is 1. The monoisotopic (exact) mass is 286 g/mol. The first-order valence-corrected chi connectivity index (χ1v) is 6.21. The number of carboxylic acid groups (broad SMARTS) is 1. The highest BCUT2D eigenvalue weighted by atomic mass is 16.4. The zero-order valence-electron chi connectivity index (χ0n) is 11.2. The molecule has 1 amide bonds. The van der Waals surface area contributed by atoms with Gasteiger partial charge in [0, 0.05) is 6.54 Å². The van der Waals surface area contributed by atoms with Gasteiger partial charge in [-0.3, -0.25) is 9.59 Å². The Labute approximate surface area is 121 Å². The van der Waals surface area contributed by atoms with Crippen LogP contribution in [-0.2, 0) is 4.79 Å². The van der Waals surface area contributed by atoms with Crippen molar-refractivity contribution in [2.24, 2.45) is 0 Å². The molecule has 0 saturated carbocycles. The van der Waals surface area contributed by atoms with Crippen LogP contribution >= 0.6 is 0 Å². The van der Waals surface area contributed by atoms with Crippen molar-refractivity contribution in [2.45, 2.75) is 0 Å². The van der Waals surface area contributed by atoms with Gasteiger partial charge in [-0.15, -0.1) is 11.7 Å². The van der Waals surface area contributed by atoms with Crippen LogP contribution in [0.2, 0.25) is 0 Å². The molecular formula is C14H14N4O3. The van der Waals surface area contributed by atoms with E-state index in [0.717, 1.165) is 4.90 Å². The van der Waals surface area contributed by atoms with E-state index in [1.165, 1.54) is 17.1 Å². The molecular weight excluding hydrogens is 272 g/mol. The predicted molar refractivity (Wildman–Crippen MR) is 75.1 cm³/mol. The summed E-state index contributed by atoms with van der Waals surface area (Å²) in [5.74, 6) is -1.60. The molecule has 7 nitrogen and oxygen atoms in total. The van der Waals surface area contributed by atoms with Crippen LogP contribution in [0.4, 0.5) is 0 Å². The minimum absolute atomic E-state index is 0.0851. The number of hydrogen-bond donors (Lipinski definition) is 1. The molecule has 0 aliphatic rings. The van der Waals surface area contributed by atoms with Crippen molar-refractivity contribution in [1.29, 1.82) is 0 Å². The molecule has 0 aliphatic heterocycles. The van der Waals surface area contributed by atoms with E-state index in [4.69, 9.17) is 5.11 Å². The van der Waals surface area contributed by atoms with Crippen LogP contribution in [-0.4, -0.2) is 50.0 Å². The lowest BCUT2D eigenvalue weighted by Crippen LogP contribution is -2.36. The van der Waals surface area contributed by atoms with Gasteiger partial charge in [0.15, 0.2) is 5.69 Å². The maximum atomic E-state index is 12.2. The summed E-state index contributed by atoms with van der Waals surface area (Å²) in [4.78, 5) is 25.4. The quantitative estimate of drug-likeness (QED) is 0.800. The highest BCUT2D eigenvalue weighted by Gasteiger charge is 2.20. The molecule has 0 fully saturated rings. The lowest BCUT2D eigenvalue weighted by molar-refractivity contribution is -0.137. The van der Waals surface area contributed by atoms with E-state index >= 15 is 0 Å². The highest BCUT2D eigenvalue weighted by Crippen LogP contribution is 2.06. The third-order valence-electron chi connectivity index (χ3n) is 2.66. The Balaban J connectivity index is 2.21. The molecule has 0 atom stereocenters. The summed E-state index contributed by atoms with van der Waals surface area (Å²) in [5, 5.41) is 16.9. The van der Waals surface area contributed by atoms with Crippen molar-refractivity contribution in [2.75, 3.05) is 13.1 Å². The summed E-state index contributed by atoms with van der Waals surface area (Å²) in [6.45, 7) is 3.22. The Morgan fingerprint density at radius 3 is 2.67 bits per heavy atom. The summed E-state index contributed by atoms with van der Waals surface area (Å²) in [7, 11) is 0. The summed E-state index contributed by atoms with van der Waals surface area (Å²) < 4.78 is 0. The molecule has 1 aromatic carbocycles. The molecule has 1 N–H and O–H groups in total. The van der Waals surface area contributed by atoms with Crippen molar-refractivity contribution in [3.8, 4) is 5.69 Å². The zero-order valence-corrected chi connectivity index (χ0v) is 11.2. The summed E-state index contributed by atoms with van der Waals surface area (Å²) in [6, 6.07) is 9.11. The van der Waals surface area contributed by atoms with Crippen molar-refractivity contribution in [3.05, 3.63) is 54.9 Å². The molecule has 2 rings (SSSR count). The predicted octanol–water partition coefficient (Wildman–Crippen LogP) is 0.980. The van der Waals surface area contributed by atoms with Crippen molar-refractivity contribution < 1.29 is 14.7 Å². The first kappa shape index (κ1) is 14.4. The molecule has 0 unspecified atom stereocenters. The van der Waals surface area contributed by atoms with Crippen LogP contribution in [0.1, 0.15) is 10.5 Å². The fourth-order valence-corrected chi connectivity index (χ4v) is 1.75. The Bertz CT molecular complexity index is 651. The number of carbonyl (C=O) groups excluding carboxylic acids is 1. The Morgan fingerprint density at radius 1 is 1.33 bits per heavy atom. The van der Waals surface area contributed by atoms with Gasteiger partial charge < -0.3 is 10.0 Å². The smallest absolute Gasteiger partial charge is 0.323 e. The summed E-state index contributed by atoms with van der Waals surface area (Å²) in [5.41, 5.74) is 0.798. The zero-order chi connectivity index (χ0) is 15.2. The third kappa shape index (κ3) is 3.53. The first-order chi connectivity index (χ1) is 10.1. The molecule has 0 bridgehead atoms. The van der Waals surface area contributed by atoms with Gasteiger partial charge in [0.2, 0.25) is 0 Å². The van der Waals surface area contributed by atoms with Crippen molar-refractivity contribution >= 4 is 11.9 Å². The highest BCUT2D eigenvalue weighted by molar-refractivity contribution is 5.93. The third-order valence-corrected chi connectivity index (χ3v) is 2.66.